The summed E-state index contributed by atoms with van der Waals surface area (Å²) in [6.07, 6.45) is 3.87. The van der Waals surface area contributed by atoms with Crippen molar-refractivity contribution in [2.75, 3.05) is 16.8 Å². The number of urea groups is 1. The van der Waals surface area contributed by atoms with Crippen LogP contribution >= 0.6 is 0 Å². The van der Waals surface area contributed by atoms with Gasteiger partial charge in [0.1, 0.15) is 12.6 Å². The molecule has 4 aromatic rings. The summed E-state index contributed by atoms with van der Waals surface area (Å²) in [5, 5.41) is 3.07. The molecule has 1 aromatic heterocycles. The lowest BCUT2D eigenvalue weighted by Crippen LogP contribution is -2.48. The standard InChI is InChI=1S/C31H30N4O2/c1-21-10-8-13-25(22(21)2)32-31(37)34(24-17-18-24)20-29(36)35-27-15-7-6-14-26(27)33-19-9-16-28(33)30(35)23-11-4-3-5-12-23/h3-16,19,24,30H,17-18,20H2,1-2H3,(H,32,37). The first-order chi connectivity index (χ1) is 18.0. The number of anilines is 2. The molecule has 1 N–H and O–H groups in total. The van der Waals surface area contributed by atoms with E-state index in [0.717, 1.165) is 52.3 Å². The average Bonchev–Trinajstić information content (AvgIpc) is 3.64. The molecule has 1 unspecified atom stereocenters. The van der Waals surface area contributed by atoms with E-state index in [0.29, 0.717) is 0 Å². The Bertz CT molecular complexity index is 1470. The molecule has 1 atom stereocenters. The van der Waals surface area contributed by atoms with Gasteiger partial charge in [-0.3, -0.25) is 9.69 Å². The van der Waals surface area contributed by atoms with Crippen LogP contribution in [0.4, 0.5) is 16.2 Å². The number of carbonyl (C=O) groups excluding carboxylic acids is 2. The second-order valence-corrected chi connectivity index (χ2v) is 9.91. The van der Waals surface area contributed by atoms with Crippen LogP contribution in [0.25, 0.3) is 5.69 Å². The lowest BCUT2D eigenvalue weighted by Gasteiger charge is -2.39. The minimum Gasteiger partial charge on any atom is -0.316 e. The third-order valence-electron chi connectivity index (χ3n) is 7.50. The molecule has 0 radical (unpaired) electrons. The second-order valence-electron chi connectivity index (χ2n) is 9.91. The smallest absolute Gasteiger partial charge is 0.316 e. The predicted octanol–water partition coefficient (Wildman–Crippen LogP) is 6.23. The maximum atomic E-state index is 14.2. The highest BCUT2D eigenvalue weighted by atomic mass is 16.2. The lowest BCUT2D eigenvalue weighted by molar-refractivity contribution is -0.119. The zero-order valence-electron chi connectivity index (χ0n) is 21.1. The number of para-hydroxylation sites is 2. The molecule has 6 heteroatoms. The van der Waals surface area contributed by atoms with Crippen molar-refractivity contribution in [3.8, 4) is 5.69 Å². The van der Waals surface area contributed by atoms with Crippen molar-refractivity contribution in [1.29, 1.82) is 0 Å². The maximum absolute atomic E-state index is 14.2. The summed E-state index contributed by atoms with van der Waals surface area (Å²) in [5.41, 5.74) is 6.79. The maximum Gasteiger partial charge on any atom is 0.322 e. The molecular formula is C31H30N4O2. The molecule has 6 rings (SSSR count). The minimum absolute atomic E-state index is 0.0136. The summed E-state index contributed by atoms with van der Waals surface area (Å²) in [6, 6.07) is 27.6. The highest BCUT2D eigenvalue weighted by molar-refractivity contribution is 6.01. The number of amides is 3. The summed E-state index contributed by atoms with van der Waals surface area (Å²) in [4.78, 5) is 31.2. The van der Waals surface area contributed by atoms with Crippen LogP contribution in [0, 0.1) is 13.8 Å². The van der Waals surface area contributed by atoms with Gasteiger partial charge in [-0.2, -0.15) is 0 Å². The van der Waals surface area contributed by atoms with Gasteiger partial charge >= 0.3 is 6.03 Å². The van der Waals surface area contributed by atoms with Crippen LogP contribution in [-0.2, 0) is 4.79 Å². The van der Waals surface area contributed by atoms with Gasteiger partial charge in [0.15, 0.2) is 0 Å². The second kappa shape index (κ2) is 9.28. The predicted molar refractivity (Wildman–Crippen MR) is 146 cm³/mol. The van der Waals surface area contributed by atoms with Gasteiger partial charge in [-0.05, 0) is 73.7 Å². The number of aryl methyl sites for hydroxylation is 1. The molecule has 1 saturated carbocycles. The molecule has 1 fully saturated rings. The van der Waals surface area contributed by atoms with Crippen LogP contribution < -0.4 is 10.2 Å². The van der Waals surface area contributed by atoms with Crippen molar-refractivity contribution in [1.82, 2.24) is 9.47 Å². The van der Waals surface area contributed by atoms with Gasteiger partial charge in [0, 0.05) is 17.9 Å². The number of carbonyl (C=O) groups is 2. The zero-order valence-corrected chi connectivity index (χ0v) is 21.1. The van der Waals surface area contributed by atoms with Gasteiger partial charge in [0.05, 0.1) is 17.1 Å². The van der Waals surface area contributed by atoms with Crippen LogP contribution in [0.15, 0.2) is 91.1 Å². The number of hydrogen-bond acceptors (Lipinski definition) is 2. The summed E-state index contributed by atoms with van der Waals surface area (Å²) < 4.78 is 2.16. The van der Waals surface area contributed by atoms with E-state index < -0.39 is 0 Å². The largest absolute Gasteiger partial charge is 0.322 e. The van der Waals surface area contributed by atoms with E-state index in [1.807, 2.05) is 91.7 Å². The molecule has 186 valence electrons. The van der Waals surface area contributed by atoms with Crippen molar-refractivity contribution in [3.05, 3.63) is 114 Å². The molecular weight excluding hydrogens is 460 g/mol. The van der Waals surface area contributed by atoms with Crippen LogP contribution in [0.2, 0.25) is 0 Å². The molecule has 1 aliphatic heterocycles. The Balaban J connectivity index is 1.35. The number of fused-ring (bicyclic) bond motifs is 3. The summed E-state index contributed by atoms with van der Waals surface area (Å²) in [6.45, 7) is 4.04. The number of aromatic nitrogens is 1. The fourth-order valence-corrected chi connectivity index (χ4v) is 5.26. The Morgan fingerprint density at radius 3 is 2.35 bits per heavy atom. The fraction of sp³-hybridized carbons (Fsp3) is 0.226. The lowest BCUT2D eigenvalue weighted by atomic mass is 9.97. The zero-order chi connectivity index (χ0) is 25.5. The van der Waals surface area contributed by atoms with E-state index in [1.165, 1.54) is 0 Å². The Labute approximate surface area is 217 Å². The monoisotopic (exact) mass is 490 g/mol. The van der Waals surface area contributed by atoms with Crippen molar-refractivity contribution in [2.45, 2.75) is 38.8 Å². The first kappa shape index (κ1) is 23.1. The van der Waals surface area contributed by atoms with Crippen molar-refractivity contribution >= 4 is 23.3 Å². The van der Waals surface area contributed by atoms with Crippen molar-refractivity contribution in [3.63, 3.8) is 0 Å². The molecule has 0 bridgehead atoms. The summed E-state index contributed by atoms with van der Waals surface area (Å²) in [5.74, 6) is -0.100. The summed E-state index contributed by atoms with van der Waals surface area (Å²) >= 11 is 0. The van der Waals surface area contributed by atoms with E-state index in [9.17, 15) is 9.59 Å². The van der Waals surface area contributed by atoms with Crippen LogP contribution in [-0.4, -0.2) is 34.0 Å². The normalized spacial score (nSPS) is 16.1. The third kappa shape index (κ3) is 4.18. The molecule has 2 heterocycles. The van der Waals surface area contributed by atoms with E-state index in [4.69, 9.17) is 0 Å². The fourth-order valence-electron chi connectivity index (χ4n) is 5.26. The Hall–Kier alpha value is -4.32. The molecule has 6 nitrogen and oxygen atoms in total. The van der Waals surface area contributed by atoms with Gasteiger partial charge in [-0.25, -0.2) is 4.79 Å². The third-order valence-corrected chi connectivity index (χ3v) is 7.50. The summed E-state index contributed by atoms with van der Waals surface area (Å²) in [7, 11) is 0. The number of hydrogen-bond donors (Lipinski definition) is 1. The van der Waals surface area contributed by atoms with Crippen molar-refractivity contribution < 1.29 is 9.59 Å². The minimum atomic E-state index is -0.290. The quantitative estimate of drug-likeness (QED) is 0.361. The SMILES string of the molecule is Cc1cccc(NC(=O)N(CC(=O)N2c3ccccc3-n3cccc3C2c2ccccc2)C2CC2)c1C. The number of nitrogens with zero attached hydrogens (tertiary/aromatic N) is 3. The number of nitrogens with one attached hydrogen (secondary N) is 1. The van der Waals surface area contributed by atoms with Crippen molar-refractivity contribution in [2.24, 2.45) is 0 Å². The topological polar surface area (TPSA) is 57.6 Å². The first-order valence-electron chi connectivity index (χ1n) is 12.8. The van der Waals surface area contributed by atoms with E-state index in [-0.39, 0.29) is 30.6 Å². The van der Waals surface area contributed by atoms with E-state index in [2.05, 4.69) is 28.1 Å². The highest BCUT2D eigenvalue weighted by Gasteiger charge is 2.40. The number of rotatable bonds is 5. The molecule has 0 saturated heterocycles. The van der Waals surface area contributed by atoms with E-state index >= 15 is 0 Å². The molecule has 3 amide bonds. The molecule has 1 aliphatic carbocycles. The Morgan fingerprint density at radius 2 is 1.59 bits per heavy atom. The molecule has 2 aliphatic rings. The number of benzene rings is 3. The highest BCUT2D eigenvalue weighted by Crippen LogP contribution is 2.42. The first-order valence-corrected chi connectivity index (χ1v) is 12.8. The van der Waals surface area contributed by atoms with Gasteiger partial charge in [-0.1, -0.05) is 54.6 Å². The average molecular weight is 491 g/mol. The molecule has 3 aromatic carbocycles. The van der Waals surface area contributed by atoms with Crippen LogP contribution in [0.3, 0.4) is 0 Å². The van der Waals surface area contributed by atoms with E-state index in [1.54, 1.807) is 4.90 Å². The van der Waals surface area contributed by atoms with Gasteiger partial charge in [0.2, 0.25) is 5.91 Å². The van der Waals surface area contributed by atoms with Crippen LogP contribution in [0.5, 0.6) is 0 Å². The van der Waals surface area contributed by atoms with Gasteiger partial charge in [0.25, 0.3) is 0 Å². The molecule has 0 spiro atoms. The van der Waals surface area contributed by atoms with Crippen LogP contribution in [0.1, 0.15) is 41.3 Å². The Morgan fingerprint density at radius 1 is 0.865 bits per heavy atom. The van der Waals surface area contributed by atoms with Gasteiger partial charge < -0.3 is 14.8 Å². The van der Waals surface area contributed by atoms with Gasteiger partial charge in [-0.15, -0.1) is 0 Å². The molecule has 37 heavy (non-hydrogen) atoms. The Kier molecular flexibility index (Phi) is 5.80.